The van der Waals surface area contributed by atoms with E-state index in [1.54, 1.807) is 25.7 Å². The molecule has 6 rings (SSSR count). The highest BCUT2D eigenvalue weighted by atomic mass is 16.6. The van der Waals surface area contributed by atoms with E-state index in [4.69, 9.17) is 9.47 Å². The summed E-state index contributed by atoms with van der Waals surface area (Å²) in [7, 11) is 0. The minimum atomic E-state index is -1.19. The predicted molar refractivity (Wildman–Crippen MR) is 175 cm³/mol. The van der Waals surface area contributed by atoms with E-state index in [-0.39, 0.29) is 30.6 Å². The number of aryl methyl sites for hydroxylation is 1. The first kappa shape index (κ1) is 31.8. The number of hydrogen-bond acceptors (Lipinski definition) is 6. The van der Waals surface area contributed by atoms with Gasteiger partial charge in [0, 0.05) is 17.9 Å². The van der Waals surface area contributed by atoms with E-state index in [0.29, 0.717) is 24.8 Å². The van der Waals surface area contributed by atoms with Crippen molar-refractivity contribution in [2.24, 2.45) is 5.92 Å². The third-order valence-corrected chi connectivity index (χ3v) is 9.96. The minimum Gasteiger partial charge on any atom is -0.485 e. The van der Waals surface area contributed by atoms with Crippen LogP contribution in [-0.4, -0.2) is 64.0 Å². The normalized spacial score (nSPS) is 29.9. The fraction of sp³-hybridized carbons (Fsp3) is 0.514. The van der Waals surface area contributed by atoms with Crippen LogP contribution in [0.1, 0.15) is 78.2 Å². The average molecular weight is 628 g/mol. The molecule has 0 aromatic heterocycles. The molecule has 2 N–H and O–H groups in total. The molecule has 4 aliphatic rings. The second kappa shape index (κ2) is 11.9. The zero-order valence-electron chi connectivity index (χ0n) is 27.3. The molecule has 0 bridgehead atoms. The number of carbonyl (C=O) groups is 4. The van der Waals surface area contributed by atoms with E-state index in [9.17, 15) is 19.2 Å². The van der Waals surface area contributed by atoms with E-state index in [2.05, 4.69) is 29.3 Å². The molecule has 3 heterocycles. The fourth-order valence-corrected chi connectivity index (χ4v) is 7.55. The molecule has 3 amide bonds. The summed E-state index contributed by atoms with van der Waals surface area (Å²) in [6.45, 7) is 11.1. The molecule has 1 aliphatic carbocycles. The van der Waals surface area contributed by atoms with Crippen LogP contribution in [0.2, 0.25) is 0 Å². The van der Waals surface area contributed by atoms with Crippen LogP contribution < -0.4 is 15.4 Å². The minimum absolute atomic E-state index is 0.181. The van der Waals surface area contributed by atoms with Crippen molar-refractivity contribution >= 4 is 34.5 Å². The van der Waals surface area contributed by atoms with Crippen molar-refractivity contribution < 1.29 is 28.7 Å². The number of amides is 3. The number of hydrogen-bond donors (Lipinski definition) is 2. The highest BCUT2D eigenvalue weighted by molar-refractivity contribution is 6.03. The maximum Gasteiger partial charge on any atom is 0.408 e. The number of allylic oxidation sites excluding steroid dienone is 1. The average Bonchev–Trinajstić information content (AvgIpc) is 3.37. The van der Waals surface area contributed by atoms with Crippen LogP contribution in [0.25, 0.3) is 10.8 Å². The van der Waals surface area contributed by atoms with E-state index in [0.717, 1.165) is 47.8 Å². The van der Waals surface area contributed by atoms with E-state index in [1.165, 1.54) is 6.92 Å². The summed E-state index contributed by atoms with van der Waals surface area (Å²) in [5.74, 6) is -0.492. The molecule has 9 nitrogen and oxygen atoms in total. The predicted octanol–water partition coefficient (Wildman–Crippen LogP) is 5.55. The molecule has 1 spiro atoms. The maximum atomic E-state index is 14.5. The van der Waals surface area contributed by atoms with Crippen LogP contribution in [0.5, 0.6) is 5.75 Å². The van der Waals surface area contributed by atoms with Crippen LogP contribution in [0, 0.1) is 5.92 Å². The zero-order valence-corrected chi connectivity index (χ0v) is 27.3. The van der Waals surface area contributed by atoms with Crippen molar-refractivity contribution in [3.05, 3.63) is 66.3 Å². The van der Waals surface area contributed by atoms with E-state index >= 15 is 0 Å². The third-order valence-electron chi connectivity index (χ3n) is 9.96. The van der Waals surface area contributed by atoms with Gasteiger partial charge in [0.05, 0.1) is 6.54 Å². The molecule has 2 fully saturated rings. The topological polar surface area (TPSA) is 114 Å². The Bertz CT molecular complexity index is 1620. The smallest absolute Gasteiger partial charge is 0.408 e. The Labute approximate surface area is 270 Å². The first-order valence-corrected chi connectivity index (χ1v) is 16.5. The third kappa shape index (κ3) is 5.92. The molecule has 1 saturated heterocycles. The first-order valence-electron chi connectivity index (χ1n) is 16.5. The lowest BCUT2D eigenvalue weighted by molar-refractivity contribution is -0.141. The zero-order chi connectivity index (χ0) is 32.9. The lowest BCUT2D eigenvalue weighted by atomic mass is 9.87. The van der Waals surface area contributed by atoms with Gasteiger partial charge in [-0.05, 0) is 82.2 Å². The summed E-state index contributed by atoms with van der Waals surface area (Å²) in [5.41, 5.74) is -0.963. The molecule has 2 aromatic carbocycles. The Hall–Kier alpha value is -4.14. The van der Waals surface area contributed by atoms with Crippen molar-refractivity contribution in [3.63, 3.8) is 0 Å². The van der Waals surface area contributed by atoms with Gasteiger partial charge in [0.1, 0.15) is 34.6 Å². The fourth-order valence-electron chi connectivity index (χ4n) is 7.55. The maximum absolute atomic E-state index is 14.5. The van der Waals surface area contributed by atoms with Crippen LogP contribution >= 0.6 is 0 Å². The molecule has 1 saturated carbocycles. The Kier molecular flexibility index (Phi) is 8.23. The Balaban J connectivity index is 1.35. The molecular formula is C37H45N3O6. The quantitative estimate of drug-likeness (QED) is 0.423. The van der Waals surface area contributed by atoms with Crippen LogP contribution in [0.15, 0.2) is 60.7 Å². The van der Waals surface area contributed by atoms with Gasteiger partial charge in [0.2, 0.25) is 11.8 Å². The summed E-state index contributed by atoms with van der Waals surface area (Å²) in [5, 5.41) is 8.11. The monoisotopic (exact) mass is 627 g/mol. The molecule has 2 aromatic rings. The first-order chi connectivity index (χ1) is 21.8. The molecule has 244 valence electrons. The summed E-state index contributed by atoms with van der Waals surface area (Å²) < 4.78 is 12.3. The second-order valence-electron chi connectivity index (χ2n) is 14.4. The van der Waals surface area contributed by atoms with Gasteiger partial charge in [-0.3, -0.25) is 14.4 Å². The molecule has 46 heavy (non-hydrogen) atoms. The number of ketones is 1. The van der Waals surface area contributed by atoms with Gasteiger partial charge in [-0.1, -0.05) is 61.9 Å². The molecule has 3 aliphatic heterocycles. The number of ether oxygens (including phenoxy) is 2. The summed E-state index contributed by atoms with van der Waals surface area (Å²) in [4.78, 5) is 56.2. The number of rotatable bonds is 2. The van der Waals surface area contributed by atoms with Crippen molar-refractivity contribution in [1.82, 2.24) is 15.5 Å². The number of nitrogens with one attached hydrogen (secondary N) is 2. The standard InChI is InChI=1S/C37H45N3O6/c1-23-28-15-9-7-6-8-10-16-29(38-34(44)46-35(3,4)5)33(43)40-22-36(21-30(40)32(42)39-37(23,28)24(2)41)20-19-27-26-14-12-11-13-25(26)17-18-31(27)45-36/h9,11-15,17-18,28-30H,1,6-8,10,16,19-22H2,2-5H3,(H,38,44)(H,39,42). The summed E-state index contributed by atoms with van der Waals surface area (Å²) >= 11 is 0. The van der Waals surface area contributed by atoms with Gasteiger partial charge >= 0.3 is 6.09 Å². The van der Waals surface area contributed by atoms with Crippen molar-refractivity contribution in [2.45, 2.75) is 108 Å². The van der Waals surface area contributed by atoms with Crippen molar-refractivity contribution in [2.75, 3.05) is 6.54 Å². The highest BCUT2D eigenvalue weighted by Gasteiger charge is 2.63. The van der Waals surface area contributed by atoms with E-state index in [1.807, 2.05) is 36.4 Å². The van der Waals surface area contributed by atoms with Gasteiger partial charge in [0.25, 0.3) is 0 Å². The lowest BCUT2D eigenvalue weighted by Crippen LogP contribution is -2.56. The van der Waals surface area contributed by atoms with Crippen LogP contribution in [-0.2, 0) is 25.5 Å². The van der Waals surface area contributed by atoms with Crippen molar-refractivity contribution in [3.8, 4) is 5.75 Å². The van der Waals surface area contributed by atoms with E-state index < -0.39 is 40.8 Å². The number of alkyl carbamates (subject to hydrolysis) is 1. The molecule has 9 heteroatoms. The second-order valence-corrected chi connectivity index (χ2v) is 14.4. The lowest BCUT2D eigenvalue weighted by Gasteiger charge is -2.36. The number of fused-ring (bicyclic) bond motifs is 5. The highest BCUT2D eigenvalue weighted by Crippen LogP contribution is 2.51. The van der Waals surface area contributed by atoms with Crippen LogP contribution in [0.3, 0.4) is 0 Å². The van der Waals surface area contributed by atoms with Gasteiger partial charge in [0.15, 0.2) is 5.78 Å². The molecular weight excluding hydrogens is 582 g/mol. The van der Waals surface area contributed by atoms with Gasteiger partial charge < -0.3 is 25.0 Å². The number of nitrogens with zero attached hydrogens (tertiary/aromatic N) is 1. The molecule has 5 unspecified atom stereocenters. The number of Topliss-reactive ketones (excluding diaryl/α,β-unsaturated/α-hetero) is 1. The van der Waals surface area contributed by atoms with Gasteiger partial charge in [-0.2, -0.15) is 0 Å². The Morgan fingerprint density at radius 1 is 1.11 bits per heavy atom. The molecule has 5 atom stereocenters. The summed E-state index contributed by atoms with van der Waals surface area (Å²) in [6, 6.07) is 10.4. The Morgan fingerprint density at radius 3 is 2.65 bits per heavy atom. The van der Waals surface area contributed by atoms with Crippen molar-refractivity contribution in [1.29, 1.82) is 0 Å². The number of benzene rings is 2. The summed E-state index contributed by atoms with van der Waals surface area (Å²) in [6.07, 6.45) is 8.60. The number of carbonyl (C=O) groups excluding carboxylic acids is 4. The largest absolute Gasteiger partial charge is 0.485 e. The van der Waals surface area contributed by atoms with Crippen LogP contribution in [0.4, 0.5) is 4.79 Å². The van der Waals surface area contributed by atoms with Gasteiger partial charge in [-0.25, -0.2) is 4.79 Å². The molecule has 0 radical (unpaired) electrons. The Morgan fingerprint density at radius 2 is 1.89 bits per heavy atom. The SMILES string of the molecule is C=C1C2C=CCCCCCC(NC(=O)OC(C)(C)C)C(=O)N3CC4(CCc5c(ccc6ccccc56)O4)CC3C(=O)NC12C(C)=O. The van der Waals surface area contributed by atoms with Gasteiger partial charge in [-0.15, -0.1) is 0 Å².